The molecule has 0 saturated heterocycles. The van der Waals surface area contributed by atoms with Crippen LogP contribution in [0.2, 0.25) is 0 Å². The highest BCUT2D eigenvalue weighted by Crippen LogP contribution is 2.19. The van der Waals surface area contributed by atoms with Crippen LogP contribution in [0.5, 0.6) is 0 Å². The molecule has 1 heterocycles. The number of ketones is 1. The number of H-pyrrole nitrogens is 1. The van der Waals surface area contributed by atoms with Gasteiger partial charge in [0.25, 0.3) is 5.91 Å². The number of Topliss-reactive ketones (excluding diaryl/α,β-unsaturated/α-hetero) is 1. The Bertz CT molecular complexity index is 824. The lowest BCUT2D eigenvalue weighted by atomic mass is 9.99. The van der Waals surface area contributed by atoms with Crippen molar-refractivity contribution in [2.75, 3.05) is 6.54 Å². The summed E-state index contributed by atoms with van der Waals surface area (Å²) in [7, 11) is 0. The molecule has 1 aromatic heterocycles. The van der Waals surface area contributed by atoms with E-state index in [-0.39, 0.29) is 18.0 Å². The van der Waals surface area contributed by atoms with E-state index in [1.54, 1.807) is 13.8 Å². The van der Waals surface area contributed by atoms with Gasteiger partial charge in [-0.25, -0.2) is 4.39 Å². The van der Waals surface area contributed by atoms with Gasteiger partial charge in [0.15, 0.2) is 5.78 Å². The van der Waals surface area contributed by atoms with E-state index in [9.17, 15) is 23.9 Å². The van der Waals surface area contributed by atoms with Crippen molar-refractivity contribution in [2.24, 2.45) is 0 Å². The lowest BCUT2D eigenvalue weighted by Crippen LogP contribution is -2.32. The fourth-order valence-corrected chi connectivity index (χ4v) is 2.83. The molecule has 1 aromatic carbocycles. The molecule has 1 amide bonds. The number of rotatable bonds is 6. The Morgan fingerprint density at radius 2 is 1.80 bits per heavy atom. The summed E-state index contributed by atoms with van der Waals surface area (Å²) >= 11 is 0. The summed E-state index contributed by atoms with van der Waals surface area (Å²) in [5, 5.41) is 11.9. The van der Waals surface area contributed by atoms with Gasteiger partial charge in [-0.2, -0.15) is 0 Å². The van der Waals surface area contributed by atoms with Crippen molar-refractivity contribution in [2.45, 2.75) is 26.7 Å². The molecule has 0 aliphatic rings. The van der Waals surface area contributed by atoms with E-state index in [2.05, 4.69) is 10.3 Å². The number of hydrogen-bond acceptors (Lipinski definition) is 3. The molecule has 0 bridgehead atoms. The molecule has 2 aromatic rings. The van der Waals surface area contributed by atoms with Crippen LogP contribution >= 0.6 is 0 Å². The number of carbonyl (C=O) groups excluding carboxylic acids is 2. The van der Waals surface area contributed by atoms with Crippen LogP contribution in [-0.2, 0) is 4.79 Å². The van der Waals surface area contributed by atoms with Crippen molar-refractivity contribution in [3.05, 3.63) is 58.2 Å². The van der Waals surface area contributed by atoms with Crippen molar-refractivity contribution >= 4 is 17.7 Å². The van der Waals surface area contributed by atoms with Crippen molar-refractivity contribution in [3.63, 3.8) is 0 Å². The number of benzene rings is 1. The number of hydrogen-bond donors (Lipinski definition) is 3. The molecule has 1 unspecified atom stereocenters. The maximum absolute atomic E-state index is 13.0. The van der Waals surface area contributed by atoms with E-state index in [0.29, 0.717) is 22.4 Å². The third-order valence-electron chi connectivity index (χ3n) is 4.05. The van der Waals surface area contributed by atoms with Crippen LogP contribution in [-0.4, -0.2) is 34.3 Å². The summed E-state index contributed by atoms with van der Waals surface area (Å²) in [4.78, 5) is 38.3. The molecule has 0 fully saturated rings. The lowest BCUT2D eigenvalue weighted by Gasteiger charge is -2.14. The average molecular weight is 346 g/mol. The molecule has 132 valence electrons. The van der Waals surface area contributed by atoms with Crippen LogP contribution in [0.15, 0.2) is 24.3 Å². The van der Waals surface area contributed by atoms with Gasteiger partial charge in [0.05, 0.1) is 5.92 Å². The maximum atomic E-state index is 13.0. The van der Waals surface area contributed by atoms with Crippen molar-refractivity contribution in [3.8, 4) is 0 Å². The van der Waals surface area contributed by atoms with Gasteiger partial charge in [0.2, 0.25) is 0 Å². The summed E-state index contributed by atoms with van der Waals surface area (Å²) in [5.41, 5.74) is 2.18. The molecule has 0 saturated carbocycles. The average Bonchev–Trinajstić information content (AvgIpc) is 2.83. The maximum Gasteiger partial charge on any atom is 0.312 e. The number of aromatic nitrogens is 1. The Kier molecular flexibility index (Phi) is 5.36. The number of nitrogens with one attached hydrogen (secondary N) is 2. The summed E-state index contributed by atoms with van der Waals surface area (Å²) in [6.45, 7) is 4.61. The zero-order chi connectivity index (χ0) is 18.7. The Morgan fingerprint density at radius 3 is 2.28 bits per heavy atom. The second-order valence-corrected chi connectivity index (χ2v) is 5.83. The zero-order valence-electron chi connectivity index (χ0n) is 14.1. The van der Waals surface area contributed by atoms with Gasteiger partial charge < -0.3 is 15.4 Å². The molecular formula is C18H19FN2O4. The van der Waals surface area contributed by atoms with E-state index < -0.39 is 23.6 Å². The highest BCUT2D eigenvalue weighted by atomic mass is 19.1. The zero-order valence-corrected chi connectivity index (χ0v) is 14.1. The van der Waals surface area contributed by atoms with Gasteiger partial charge in [-0.15, -0.1) is 0 Å². The topological polar surface area (TPSA) is 99.3 Å². The lowest BCUT2D eigenvalue weighted by molar-refractivity contribution is -0.138. The number of carboxylic acids is 1. The van der Waals surface area contributed by atoms with E-state index in [1.807, 2.05) is 0 Å². The van der Waals surface area contributed by atoms with Gasteiger partial charge in [0.1, 0.15) is 11.5 Å². The summed E-state index contributed by atoms with van der Waals surface area (Å²) in [6, 6.07) is 5.09. The van der Waals surface area contributed by atoms with Gasteiger partial charge in [-0.3, -0.25) is 14.4 Å². The first-order valence-electron chi connectivity index (χ1n) is 7.69. The third-order valence-corrected chi connectivity index (χ3v) is 4.05. The minimum Gasteiger partial charge on any atom is -0.481 e. The standard InChI is InChI=1S/C18H19FN2O4/c1-9-15(11(3)22)10(2)21-16(9)17(23)20-8-14(18(24)25)12-4-6-13(19)7-5-12/h4-7,14,21H,8H2,1-3H3,(H,20,23)(H,24,25). The largest absolute Gasteiger partial charge is 0.481 e. The first-order chi connectivity index (χ1) is 11.7. The number of halogens is 1. The number of carboxylic acid groups (broad SMARTS) is 1. The molecule has 7 heteroatoms. The summed E-state index contributed by atoms with van der Waals surface area (Å²) < 4.78 is 13.0. The normalized spacial score (nSPS) is 11.8. The predicted octanol–water partition coefficient (Wildman–Crippen LogP) is 2.57. The first kappa shape index (κ1) is 18.4. The summed E-state index contributed by atoms with van der Waals surface area (Å²) in [5.74, 6) is -3.25. The molecule has 0 spiro atoms. The monoisotopic (exact) mass is 346 g/mol. The molecule has 0 aliphatic carbocycles. The molecule has 3 N–H and O–H groups in total. The highest BCUT2D eigenvalue weighted by molar-refractivity contribution is 6.02. The van der Waals surface area contributed by atoms with Crippen LogP contribution in [0.3, 0.4) is 0 Å². The second-order valence-electron chi connectivity index (χ2n) is 5.83. The molecule has 25 heavy (non-hydrogen) atoms. The second kappa shape index (κ2) is 7.29. The molecule has 0 aliphatic heterocycles. The Morgan fingerprint density at radius 1 is 1.20 bits per heavy atom. The quantitative estimate of drug-likeness (QED) is 0.700. The number of amides is 1. The predicted molar refractivity (Wildman–Crippen MR) is 89.4 cm³/mol. The molecule has 1 atom stereocenters. The smallest absolute Gasteiger partial charge is 0.312 e. The minimum atomic E-state index is -1.13. The van der Waals surface area contributed by atoms with Crippen molar-refractivity contribution < 1.29 is 23.9 Å². The Balaban J connectivity index is 2.17. The summed E-state index contributed by atoms with van der Waals surface area (Å²) in [6.07, 6.45) is 0. The highest BCUT2D eigenvalue weighted by Gasteiger charge is 2.23. The van der Waals surface area contributed by atoms with E-state index in [4.69, 9.17) is 0 Å². The Labute approximate surface area is 144 Å². The number of aliphatic carboxylic acids is 1. The molecule has 2 rings (SSSR count). The van der Waals surface area contributed by atoms with Gasteiger partial charge >= 0.3 is 5.97 Å². The number of aryl methyl sites for hydroxylation is 1. The van der Waals surface area contributed by atoms with Crippen LogP contribution in [0, 0.1) is 19.7 Å². The van der Waals surface area contributed by atoms with Crippen LogP contribution in [0.25, 0.3) is 0 Å². The van der Waals surface area contributed by atoms with Crippen LogP contribution in [0.4, 0.5) is 4.39 Å². The van der Waals surface area contributed by atoms with E-state index in [1.165, 1.54) is 31.2 Å². The third kappa shape index (κ3) is 3.93. The molecule has 0 radical (unpaired) electrons. The van der Waals surface area contributed by atoms with Crippen molar-refractivity contribution in [1.29, 1.82) is 0 Å². The van der Waals surface area contributed by atoms with E-state index >= 15 is 0 Å². The van der Waals surface area contributed by atoms with Gasteiger partial charge in [-0.05, 0) is 44.0 Å². The first-order valence-corrected chi connectivity index (χ1v) is 7.69. The van der Waals surface area contributed by atoms with Crippen LogP contribution in [0.1, 0.15) is 50.5 Å². The van der Waals surface area contributed by atoms with Gasteiger partial charge in [0, 0.05) is 17.8 Å². The van der Waals surface area contributed by atoms with Crippen LogP contribution < -0.4 is 5.32 Å². The minimum absolute atomic E-state index is 0.153. The fourth-order valence-electron chi connectivity index (χ4n) is 2.83. The molecular weight excluding hydrogens is 327 g/mol. The number of aromatic amines is 1. The van der Waals surface area contributed by atoms with Crippen molar-refractivity contribution in [1.82, 2.24) is 10.3 Å². The molecule has 6 nitrogen and oxygen atoms in total. The Hall–Kier alpha value is -2.96. The fraction of sp³-hybridized carbons (Fsp3) is 0.278. The number of carbonyl (C=O) groups is 3. The SMILES string of the molecule is CC(=O)c1c(C)[nH]c(C(=O)NCC(C(=O)O)c2ccc(F)cc2)c1C. The van der Waals surface area contributed by atoms with E-state index in [0.717, 1.165) is 0 Å². The van der Waals surface area contributed by atoms with Gasteiger partial charge in [-0.1, -0.05) is 12.1 Å².